The first kappa shape index (κ1) is 13.5. The van der Waals surface area contributed by atoms with E-state index in [1.807, 2.05) is 0 Å². The van der Waals surface area contributed by atoms with Crippen molar-refractivity contribution in [2.24, 2.45) is 0 Å². The molecule has 0 atom stereocenters. The maximum atomic E-state index is 12.4. The Morgan fingerprint density at radius 1 is 1.41 bits per heavy atom. The van der Waals surface area contributed by atoms with Crippen LogP contribution in [-0.2, 0) is 11.0 Å². The lowest BCUT2D eigenvalue weighted by Crippen LogP contribution is -2.15. The van der Waals surface area contributed by atoms with Crippen LogP contribution in [0.25, 0.3) is 0 Å². The predicted octanol–water partition coefficient (Wildman–Crippen LogP) is 2.15. The minimum absolute atomic E-state index is 0.0866. The van der Waals surface area contributed by atoms with Gasteiger partial charge in [0.15, 0.2) is 11.0 Å². The van der Waals surface area contributed by atoms with E-state index < -0.39 is 17.2 Å². The second-order valence-electron chi connectivity index (χ2n) is 2.85. The highest BCUT2D eigenvalue weighted by atomic mass is 35.5. The molecule has 0 aliphatic heterocycles. The topological polar surface area (TPSA) is 66.9 Å². The van der Waals surface area contributed by atoms with Gasteiger partial charge in [-0.3, -0.25) is 4.79 Å². The minimum Gasteiger partial charge on any atom is -0.368 e. The number of anilines is 2. The van der Waals surface area contributed by atoms with Crippen LogP contribution in [-0.4, -0.2) is 22.9 Å². The second kappa shape index (κ2) is 5.17. The summed E-state index contributed by atoms with van der Waals surface area (Å²) in [5, 5.41) is 4.22. The largest absolute Gasteiger partial charge is 0.451 e. The summed E-state index contributed by atoms with van der Waals surface area (Å²) in [6.45, 7) is 1.98. The summed E-state index contributed by atoms with van der Waals surface area (Å²) >= 11 is 5.54. The van der Waals surface area contributed by atoms with Crippen LogP contribution >= 0.6 is 11.6 Å². The summed E-state index contributed by atoms with van der Waals surface area (Å²) in [6, 6.07) is 0. The molecule has 0 aliphatic rings. The SMILES string of the molecule is CCNc1nc(C(F)(F)F)nc(Cl)c1NC=O. The number of alkyl halides is 3. The number of nitrogens with zero attached hydrogens (tertiary/aromatic N) is 2. The zero-order chi connectivity index (χ0) is 13.1. The van der Waals surface area contributed by atoms with E-state index in [2.05, 4.69) is 20.6 Å². The molecule has 0 spiro atoms. The number of carbonyl (C=O) groups excluding carboxylic acids is 1. The van der Waals surface area contributed by atoms with Gasteiger partial charge in [-0.25, -0.2) is 9.97 Å². The van der Waals surface area contributed by atoms with E-state index >= 15 is 0 Å². The van der Waals surface area contributed by atoms with Crippen molar-refractivity contribution in [3.63, 3.8) is 0 Å². The molecule has 1 heterocycles. The van der Waals surface area contributed by atoms with Crippen LogP contribution in [0, 0.1) is 0 Å². The van der Waals surface area contributed by atoms with Crippen LogP contribution in [0.5, 0.6) is 0 Å². The Morgan fingerprint density at radius 2 is 2.06 bits per heavy atom. The fourth-order valence-electron chi connectivity index (χ4n) is 1.04. The highest BCUT2D eigenvalue weighted by molar-refractivity contribution is 6.32. The Kier molecular flexibility index (Phi) is 4.11. The standard InChI is InChI=1S/C8H8ClF3N4O/c1-2-13-6-4(14-3-17)5(9)15-7(16-6)8(10,11)12/h3H,2H2,1H3,(H,14,17)(H,13,15,16). The smallest absolute Gasteiger partial charge is 0.368 e. The first-order chi connectivity index (χ1) is 7.90. The Hall–Kier alpha value is -1.57. The van der Waals surface area contributed by atoms with Crippen LogP contribution in [0.4, 0.5) is 24.7 Å². The van der Waals surface area contributed by atoms with Crippen molar-refractivity contribution in [3.8, 4) is 0 Å². The van der Waals surface area contributed by atoms with Gasteiger partial charge in [-0.1, -0.05) is 11.6 Å². The van der Waals surface area contributed by atoms with E-state index in [1.54, 1.807) is 6.92 Å². The third-order valence-corrected chi connectivity index (χ3v) is 1.94. The van der Waals surface area contributed by atoms with Gasteiger partial charge < -0.3 is 10.6 Å². The van der Waals surface area contributed by atoms with Crippen LogP contribution in [0.1, 0.15) is 12.7 Å². The number of halogens is 4. The van der Waals surface area contributed by atoms with Crippen molar-refractivity contribution in [2.75, 3.05) is 17.2 Å². The fraction of sp³-hybridized carbons (Fsp3) is 0.375. The Balaban J connectivity index is 3.29. The minimum atomic E-state index is -4.70. The first-order valence-electron chi connectivity index (χ1n) is 4.49. The molecular weight excluding hydrogens is 261 g/mol. The molecule has 94 valence electrons. The van der Waals surface area contributed by atoms with Gasteiger partial charge in [0.1, 0.15) is 5.69 Å². The molecule has 9 heteroatoms. The molecule has 1 rings (SSSR count). The van der Waals surface area contributed by atoms with Gasteiger partial charge in [0.25, 0.3) is 0 Å². The van der Waals surface area contributed by atoms with Crippen molar-refractivity contribution in [3.05, 3.63) is 11.0 Å². The fourth-order valence-corrected chi connectivity index (χ4v) is 1.27. The van der Waals surface area contributed by atoms with Crippen LogP contribution in [0.3, 0.4) is 0 Å². The van der Waals surface area contributed by atoms with Crippen molar-refractivity contribution < 1.29 is 18.0 Å². The van der Waals surface area contributed by atoms with Crippen LogP contribution < -0.4 is 10.6 Å². The van der Waals surface area contributed by atoms with Gasteiger partial charge in [-0.15, -0.1) is 0 Å². The van der Waals surface area contributed by atoms with Gasteiger partial charge in [-0.05, 0) is 6.92 Å². The van der Waals surface area contributed by atoms with E-state index in [9.17, 15) is 18.0 Å². The molecule has 0 saturated heterocycles. The normalized spacial score (nSPS) is 11.1. The molecule has 0 unspecified atom stereocenters. The summed E-state index contributed by atoms with van der Waals surface area (Å²) in [7, 11) is 0. The highest BCUT2D eigenvalue weighted by Gasteiger charge is 2.36. The highest BCUT2D eigenvalue weighted by Crippen LogP contribution is 2.33. The molecule has 0 aromatic carbocycles. The Labute approximate surface area is 99.4 Å². The van der Waals surface area contributed by atoms with E-state index in [4.69, 9.17) is 11.6 Å². The van der Waals surface area contributed by atoms with Crippen molar-refractivity contribution in [1.82, 2.24) is 9.97 Å². The molecule has 1 amide bonds. The zero-order valence-electron chi connectivity index (χ0n) is 8.60. The third kappa shape index (κ3) is 3.19. The lowest BCUT2D eigenvalue weighted by molar-refractivity contribution is -0.144. The average Bonchev–Trinajstić information content (AvgIpc) is 2.21. The molecule has 2 N–H and O–H groups in total. The van der Waals surface area contributed by atoms with E-state index in [0.29, 0.717) is 6.54 Å². The van der Waals surface area contributed by atoms with Crippen LogP contribution in [0.2, 0.25) is 5.15 Å². The Bertz CT molecular complexity index is 424. The van der Waals surface area contributed by atoms with Gasteiger partial charge in [0, 0.05) is 6.54 Å². The number of aromatic nitrogens is 2. The quantitative estimate of drug-likeness (QED) is 0.649. The monoisotopic (exact) mass is 268 g/mol. The van der Waals surface area contributed by atoms with Crippen molar-refractivity contribution in [2.45, 2.75) is 13.1 Å². The molecule has 0 aliphatic carbocycles. The van der Waals surface area contributed by atoms with Gasteiger partial charge in [-0.2, -0.15) is 13.2 Å². The molecule has 0 saturated carbocycles. The average molecular weight is 269 g/mol. The van der Waals surface area contributed by atoms with E-state index in [-0.39, 0.29) is 17.9 Å². The lowest BCUT2D eigenvalue weighted by Gasteiger charge is -2.13. The van der Waals surface area contributed by atoms with Crippen molar-refractivity contribution >= 4 is 29.5 Å². The number of rotatable bonds is 4. The maximum Gasteiger partial charge on any atom is 0.451 e. The molecule has 5 nitrogen and oxygen atoms in total. The van der Waals surface area contributed by atoms with Crippen LogP contribution in [0.15, 0.2) is 0 Å². The maximum absolute atomic E-state index is 12.4. The number of hydrogen-bond donors (Lipinski definition) is 2. The molecule has 0 bridgehead atoms. The first-order valence-corrected chi connectivity index (χ1v) is 4.86. The van der Waals surface area contributed by atoms with Gasteiger partial charge in [0.05, 0.1) is 0 Å². The summed E-state index contributed by atoms with van der Waals surface area (Å²) in [5.74, 6) is -1.54. The Morgan fingerprint density at radius 3 is 2.53 bits per heavy atom. The second-order valence-corrected chi connectivity index (χ2v) is 3.21. The zero-order valence-corrected chi connectivity index (χ0v) is 9.35. The van der Waals surface area contributed by atoms with E-state index in [1.165, 1.54) is 0 Å². The molecule has 0 radical (unpaired) electrons. The lowest BCUT2D eigenvalue weighted by atomic mass is 10.4. The summed E-state index contributed by atoms with van der Waals surface area (Å²) < 4.78 is 37.2. The van der Waals surface area contributed by atoms with E-state index in [0.717, 1.165) is 0 Å². The molecule has 17 heavy (non-hydrogen) atoms. The predicted molar refractivity (Wildman–Crippen MR) is 55.9 cm³/mol. The summed E-state index contributed by atoms with van der Waals surface area (Å²) in [4.78, 5) is 16.6. The number of hydrogen-bond acceptors (Lipinski definition) is 4. The van der Waals surface area contributed by atoms with Crippen molar-refractivity contribution in [1.29, 1.82) is 0 Å². The molecule has 0 fully saturated rings. The summed E-state index contributed by atoms with van der Waals surface area (Å²) in [6.07, 6.45) is -4.42. The number of nitrogens with one attached hydrogen (secondary N) is 2. The molecular formula is C8H8ClF3N4O. The van der Waals surface area contributed by atoms with Gasteiger partial charge >= 0.3 is 6.18 Å². The molecule has 1 aromatic rings. The summed E-state index contributed by atoms with van der Waals surface area (Å²) in [5.41, 5.74) is -0.0866. The third-order valence-electron chi connectivity index (χ3n) is 1.67. The number of carbonyl (C=O) groups is 1. The number of amides is 1. The van der Waals surface area contributed by atoms with Gasteiger partial charge in [0.2, 0.25) is 12.2 Å². The molecule has 1 aromatic heterocycles.